The van der Waals surface area contributed by atoms with Crippen LogP contribution in [-0.4, -0.2) is 22.9 Å². The Morgan fingerprint density at radius 1 is 1.21 bits per heavy atom. The summed E-state index contributed by atoms with van der Waals surface area (Å²) >= 11 is 0. The molecular weight excluding hydrogens is 236 g/mol. The van der Waals surface area contributed by atoms with Gasteiger partial charge in [0, 0.05) is 12.6 Å². The molecule has 2 N–H and O–H groups in total. The van der Waals surface area contributed by atoms with Crippen LogP contribution in [0.4, 0.5) is 0 Å². The molecule has 1 amide bonds. The predicted octanol–water partition coefficient (Wildman–Crippen LogP) is 2.80. The Morgan fingerprint density at radius 2 is 1.79 bits per heavy atom. The largest absolute Gasteiger partial charge is 0.335 e. The van der Waals surface area contributed by atoms with E-state index in [0.29, 0.717) is 6.54 Å². The fraction of sp³-hybridized carbons (Fsp3) is 0.562. The molecule has 0 bridgehead atoms. The Kier molecular flexibility index (Phi) is 6.03. The number of carbonyl (C=O) groups excluding carboxylic acids is 1. The Morgan fingerprint density at radius 3 is 2.26 bits per heavy atom. The molecular formula is C16H26N2O. The van der Waals surface area contributed by atoms with Crippen LogP contribution < -0.4 is 5.73 Å². The van der Waals surface area contributed by atoms with E-state index in [4.69, 9.17) is 5.73 Å². The predicted molar refractivity (Wildman–Crippen MR) is 79.6 cm³/mol. The summed E-state index contributed by atoms with van der Waals surface area (Å²) < 4.78 is 0. The van der Waals surface area contributed by atoms with Gasteiger partial charge in [-0.15, -0.1) is 0 Å². The van der Waals surface area contributed by atoms with Crippen molar-refractivity contribution in [3.05, 3.63) is 35.9 Å². The van der Waals surface area contributed by atoms with Crippen molar-refractivity contribution in [2.75, 3.05) is 0 Å². The summed E-state index contributed by atoms with van der Waals surface area (Å²) in [5.74, 6) is 0.262. The number of hydrogen-bond acceptors (Lipinski definition) is 2. The second-order valence-corrected chi connectivity index (χ2v) is 5.46. The molecule has 19 heavy (non-hydrogen) atoms. The van der Waals surface area contributed by atoms with Crippen molar-refractivity contribution in [1.29, 1.82) is 0 Å². The SMILES string of the molecule is CC[C@H](C)[C@H](N)C(=O)N(Cc1ccccc1)C(C)C. The third-order valence-corrected chi connectivity index (χ3v) is 3.64. The molecule has 1 aromatic rings. The monoisotopic (exact) mass is 262 g/mol. The topological polar surface area (TPSA) is 46.3 Å². The Balaban J connectivity index is 2.80. The zero-order chi connectivity index (χ0) is 14.4. The van der Waals surface area contributed by atoms with E-state index < -0.39 is 6.04 Å². The minimum absolute atomic E-state index is 0.0493. The molecule has 0 aromatic heterocycles. The van der Waals surface area contributed by atoms with Gasteiger partial charge in [0.2, 0.25) is 5.91 Å². The Hall–Kier alpha value is -1.35. The highest BCUT2D eigenvalue weighted by atomic mass is 16.2. The third kappa shape index (κ3) is 4.35. The van der Waals surface area contributed by atoms with Crippen LogP contribution in [0.2, 0.25) is 0 Å². The lowest BCUT2D eigenvalue weighted by Crippen LogP contribution is -2.49. The van der Waals surface area contributed by atoms with E-state index in [0.717, 1.165) is 12.0 Å². The second-order valence-electron chi connectivity index (χ2n) is 5.46. The van der Waals surface area contributed by atoms with Gasteiger partial charge in [-0.1, -0.05) is 50.6 Å². The minimum atomic E-state index is -0.406. The maximum Gasteiger partial charge on any atom is 0.240 e. The van der Waals surface area contributed by atoms with E-state index in [2.05, 4.69) is 6.92 Å². The van der Waals surface area contributed by atoms with Crippen LogP contribution in [0.1, 0.15) is 39.7 Å². The van der Waals surface area contributed by atoms with Gasteiger partial charge in [-0.3, -0.25) is 4.79 Å². The van der Waals surface area contributed by atoms with Crippen LogP contribution in [0.5, 0.6) is 0 Å². The molecule has 0 saturated heterocycles. The van der Waals surface area contributed by atoms with Crippen LogP contribution in [0.25, 0.3) is 0 Å². The van der Waals surface area contributed by atoms with Crippen LogP contribution >= 0.6 is 0 Å². The first-order valence-electron chi connectivity index (χ1n) is 7.07. The lowest BCUT2D eigenvalue weighted by Gasteiger charge is -2.31. The summed E-state index contributed by atoms with van der Waals surface area (Å²) in [7, 11) is 0. The smallest absolute Gasteiger partial charge is 0.240 e. The normalized spacial score (nSPS) is 14.2. The lowest BCUT2D eigenvalue weighted by atomic mass is 9.98. The van der Waals surface area contributed by atoms with E-state index in [1.54, 1.807) is 0 Å². The van der Waals surface area contributed by atoms with E-state index in [1.807, 2.05) is 56.0 Å². The average molecular weight is 262 g/mol. The Labute approximate surface area is 116 Å². The maximum absolute atomic E-state index is 12.5. The Bertz CT molecular complexity index is 389. The number of nitrogens with zero attached hydrogens (tertiary/aromatic N) is 1. The zero-order valence-electron chi connectivity index (χ0n) is 12.5. The first-order chi connectivity index (χ1) is 8.97. The maximum atomic E-state index is 12.5. The molecule has 0 aliphatic heterocycles. The average Bonchev–Trinajstić information content (AvgIpc) is 2.43. The highest BCUT2D eigenvalue weighted by Gasteiger charge is 2.26. The van der Waals surface area contributed by atoms with Gasteiger partial charge in [0.15, 0.2) is 0 Å². The summed E-state index contributed by atoms with van der Waals surface area (Å²) in [6.45, 7) is 8.79. The summed E-state index contributed by atoms with van der Waals surface area (Å²) in [4.78, 5) is 14.4. The second kappa shape index (κ2) is 7.29. The van der Waals surface area contributed by atoms with Crippen molar-refractivity contribution in [2.24, 2.45) is 11.7 Å². The molecule has 0 aliphatic rings. The molecule has 0 radical (unpaired) electrons. The number of amides is 1. The molecule has 0 spiro atoms. The van der Waals surface area contributed by atoms with Crippen molar-refractivity contribution >= 4 is 5.91 Å². The third-order valence-electron chi connectivity index (χ3n) is 3.64. The number of nitrogens with two attached hydrogens (primary N) is 1. The van der Waals surface area contributed by atoms with Crippen LogP contribution in [0, 0.1) is 5.92 Å². The zero-order valence-corrected chi connectivity index (χ0v) is 12.5. The quantitative estimate of drug-likeness (QED) is 0.857. The number of hydrogen-bond donors (Lipinski definition) is 1. The van der Waals surface area contributed by atoms with Crippen LogP contribution in [0.3, 0.4) is 0 Å². The molecule has 0 aliphatic carbocycles. The van der Waals surface area contributed by atoms with Crippen molar-refractivity contribution in [3.8, 4) is 0 Å². The molecule has 106 valence electrons. The van der Waals surface area contributed by atoms with Crippen molar-refractivity contribution in [2.45, 2.75) is 52.7 Å². The summed E-state index contributed by atoms with van der Waals surface area (Å²) in [6.07, 6.45) is 0.921. The van der Waals surface area contributed by atoms with Gasteiger partial charge in [0.25, 0.3) is 0 Å². The fourth-order valence-corrected chi connectivity index (χ4v) is 1.98. The van der Waals surface area contributed by atoms with Gasteiger partial charge >= 0.3 is 0 Å². The number of rotatable bonds is 6. The van der Waals surface area contributed by atoms with Gasteiger partial charge in [-0.05, 0) is 25.3 Å². The number of carbonyl (C=O) groups is 1. The first-order valence-corrected chi connectivity index (χ1v) is 7.07. The van der Waals surface area contributed by atoms with E-state index in [1.165, 1.54) is 0 Å². The van der Waals surface area contributed by atoms with Crippen molar-refractivity contribution in [1.82, 2.24) is 4.90 Å². The molecule has 3 heteroatoms. The molecule has 0 heterocycles. The minimum Gasteiger partial charge on any atom is -0.335 e. The summed E-state index contributed by atoms with van der Waals surface area (Å²) in [5.41, 5.74) is 7.21. The molecule has 2 atom stereocenters. The molecule has 3 nitrogen and oxygen atoms in total. The molecule has 0 unspecified atom stereocenters. The lowest BCUT2D eigenvalue weighted by molar-refractivity contribution is -0.136. The van der Waals surface area contributed by atoms with Crippen LogP contribution in [0.15, 0.2) is 30.3 Å². The first kappa shape index (κ1) is 15.7. The van der Waals surface area contributed by atoms with E-state index in [-0.39, 0.29) is 17.9 Å². The van der Waals surface area contributed by atoms with Gasteiger partial charge in [-0.25, -0.2) is 0 Å². The standard InChI is InChI=1S/C16H26N2O/c1-5-13(4)15(17)16(19)18(12(2)3)11-14-9-7-6-8-10-14/h6-10,12-13,15H,5,11,17H2,1-4H3/t13-,15-/m0/s1. The van der Waals surface area contributed by atoms with Gasteiger partial charge in [-0.2, -0.15) is 0 Å². The van der Waals surface area contributed by atoms with Gasteiger partial charge in [0.05, 0.1) is 6.04 Å². The van der Waals surface area contributed by atoms with Crippen molar-refractivity contribution in [3.63, 3.8) is 0 Å². The van der Waals surface area contributed by atoms with Crippen molar-refractivity contribution < 1.29 is 4.79 Å². The molecule has 0 fully saturated rings. The summed E-state index contributed by atoms with van der Waals surface area (Å²) in [5, 5.41) is 0. The highest BCUT2D eigenvalue weighted by molar-refractivity contribution is 5.82. The van der Waals surface area contributed by atoms with E-state index in [9.17, 15) is 4.79 Å². The van der Waals surface area contributed by atoms with Crippen LogP contribution in [-0.2, 0) is 11.3 Å². The number of benzene rings is 1. The van der Waals surface area contributed by atoms with Gasteiger partial charge in [0.1, 0.15) is 0 Å². The molecule has 0 saturated carbocycles. The molecule has 1 aromatic carbocycles. The highest BCUT2D eigenvalue weighted by Crippen LogP contribution is 2.14. The van der Waals surface area contributed by atoms with E-state index >= 15 is 0 Å². The fourth-order valence-electron chi connectivity index (χ4n) is 1.98. The summed E-state index contributed by atoms with van der Waals surface area (Å²) in [6, 6.07) is 9.80. The molecule has 1 rings (SSSR count). The van der Waals surface area contributed by atoms with Gasteiger partial charge < -0.3 is 10.6 Å².